The lowest BCUT2D eigenvalue weighted by molar-refractivity contribution is 0.0991. The lowest BCUT2D eigenvalue weighted by atomic mass is 9.99. The number of hydrogen-bond donors (Lipinski definition) is 1. The first-order chi connectivity index (χ1) is 11.7. The number of carbonyl (C=O) groups excluding carboxylic acids is 1. The van der Waals surface area contributed by atoms with Gasteiger partial charge in [-0.05, 0) is 46.9 Å². The molecule has 0 saturated heterocycles. The molecule has 2 heterocycles. The molecule has 0 aliphatic rings. The highest BCUT2D eigenvalue weighted by atomic mass is 16.1. The third kappa shape index (κ3) is 3.49. The van der Waals surface area contributed by atoms with Crippen molar-refractivity contribution in [3.05, 3.63) is 88.1 Å². The summed E-state index contributed by atoms with van der Waals surface area (Å²) in [6.45, 7) is 2.07. The van der Waals surface area contributed by atoms with Crippen molar-refractivity contribution in [1.82, 2.24) is 9.97 Å². The van der Waals surface area contributed by atoms with E-state index in [-0.39, 0.29) is 23.3 Å². The van der Waals surface area contributed by atoms with Crippen molar-refractivity contribution in [2.75, 3.05) is 0 Å². The molecule has 0 fully saturated rings. The van der Waals surface area contributed by atoms with Gasteiger partial charge in [-0.1, -0.05) is 31.2 Å². The van der Waals surface area contributed by atoms with E-state index in [0.29, 0.717) is 0 Å². The van der Waals surface area contributed by atoms with Gasteiger partial charge in [0, 0.05) is 25.0 Å². The number of carbonyl (C=O) groups is 1. The van der Waals surface area contributed by atoms with Crippen molar-refractivity contribution in [2.24, 2.45) is 0 Å². The molecule has 0 unspecified atom stereocenters. The van der Waals surface area contributed by atoms with Crippen molar-refractivity contribution in [3.8, 4) is 11.1 Å². The highest BCUT2D eigenvalue weighted by Crippen LogP contribution is 2.18. The first-order valence-corrected chi connectivity index (χ1v) is 7.91. The molecule has 1 N–H and O–H groups in total. The molecular weight excluding hydrogens is 300 g/mol. The van der Waals surface area contributed by atoms with Crippen LogP contribution in [0, 0.1) is 0 Å². The van der Waals surface area contributed by atoms with Crippen molar-refractivity contribution in [1.29, 1.82) is 0 Å². The minimum absolute atomic E-state index is 0.180. The fraction of sp³-hybridized carbons (Fsp3) is 0.150. The molecule has 24 heavy (non-hydrogen) atoms. The molecule has 120 valence electrons. The molecule has 3 aromatic rings. The fourth-order valence-electron chi connectivity index (χ4n) is 2.64. The van der Waals surface area contributed by atoms with Crippen LogP contribution < -0.4 is 5.56 Å². The average Bonchev–Trinajstić information content (AvgIpc) is 2.63. The van der Waals surface area contributed by atoms with Crippen LogP contribution in [0.25, 0.3) is 11.1 Å². The molecule has 1 aromatic carbocycles. The molecule has 3 rings (SSSR count). The van der Waals surface area contributed by atoms with E-state index in [0.717, 1.165) is 23.1 Å². The Morgan fingerprint density at radius 2 is 1.79 bits per heavy atom. The quantitative estimate of drug-likeness (QED) is 0.733. The van der Waals surface area contributed by atoms with Crippen molar-refractivity contribution < 1.29 is 4.79 Å². The van der Waals surface area contributed by atoms with Gasteiger partial charge < -0.3 is 4.98 Å². The van der Waals surface area contributed by atoms with Gasteiger partial charge in [0.05, 0.1) is 5.56 Å². The maximum atomic E-state index is 12.6. The lowest BCUT2D eigenvalue weighted by Crippen LogP contribution is -2.19. The van der Waals surface area contributed by atoms with Crippen LogP contribution in [0.1, 0.15) is 28.4 Å². The zero-order valence-electron chi connectivity index (χ0n) is 13.5. The third-order valence-electron chi connectivity index (χ3n) is 3.98. The second kappa shape index (κ2) is 7.04. The Bertz CT molecular complexity index is 914. The number of ketones is 1. The molecule has 0 atom stereocenters. The number of Topliss-reactive ketones (excluding diaryl/α,β-unsaturated/α-hetero) is 1. The number of rotatable bonds is 5. The summed E-state index contributed by atoms with van der Waals surface area (Å²) < 4.78 is 0. The Labute approximate surface area is 140 Å². The van der Waals surface area contributed by atoms with Gasteiger partial charge in [0.2, 0.25) is 0 Å². The molecule has 0 bridgehead atoms. The first kappa shape index (κ1) is 15.9. The van der Waals surface area contributed by atoms with Crippen LogP contribution in [0.5, 0.6) is 0 Å². The van der Waals surface area contributed by atoms with Gasteiger partial charge in [0.25, 0.3) is 5.56 Å². The van der Waals surface area contributed by atoms with Crippen LogP contribution in [0.4, 0.5) is 0 Å². The fourth-order valence-corrected chi connectivity index (χ4v) is 2.64. The first-order valence-electron chi connectivity index (χ1n) is 7.91. The van der Waals surface area contributed by atoms with Crippen LogP contribution in [0.2, 0.25) is 0 Å². The van der Waals surface area contributed by atoms with Gasteiger partial charge in [-0.2, -0.15) is 0 Å². The van der Waals surface area contributed by atoms with E-state index >= 15 is 0 Å². The summed E-state index contributed by atoms with van der Waals surface area (Å²) in [5.41, 5.74) is 3.63. The summed E-state index contributed by atoms with van der Waals surface area (Å²) in [5, 5.41) is 0. The van der Waals surface area contributed by atoms with E-state index in [1.54, 1.807) is 24.7 Å². The largest absolute Gasteiger partial charge is 0.328 e. The summed E-state index contributed by atoms with van der Waals surface area (Å²) >= 11 is 0. The second-order valence-corrected chi connectivity index (χ2v) is 5.64. The van der Waals surface area contributed by atoms with E-state index in [9.17, 15) is 9.59 Å². The van der Waals surface area contributed by atoms with Gasteiger partial charge in [0.1, 0.15) is 0 Å². The second-order valence-electron chi connectivity index (χ2n) is 5.64. The predicted octanol–water partition coefficient (Wildman–Crippen LogP) is 3.42. The minimum atomic E-state index is -0.357. The van der Waals surface area contributed by atoms with E-state index in [1.165, 1.54) is 5.56 Å². The number of pyridine rings is 2. The summed E-state index contributed by atoms with van der Waals surface area (Å²) in [4.78, 5) is 31.3. The summed E-state index contributed by atoms with van der Waals surface area (Å²) in [6, 6.07) is 13.2. The number of benzene rings is 1. The van der Waals surface area contributed by atoms with Crippen molar-refractivity contribution >= 4 is 5.78 Å². The van der Waals surface area contributed by atoms with E-state index in [4.69, 9.17) is 0 Å². The van der Waals surface area contributed by atoms with Crippen molar-refractivity contribution in [3.63, 3.8) is 0 Å². The van der Waals surface area contributed by atoms with Crippen LogP contribution in [-0.4, -0.2) is 15.8 Å². The molecule has 0 aliphatic heterocycles. The van der Waals surface area contributed by atoms with Gasteiger partial charge in [-0.25, -0.2) is 0 Å². The van der Waals surface area contributed by atoms with E-state index < -0.39 is 0 Å². The number of nitrogens with zero attached hydrogens (tertiary/aromatic N) is 1. The molecule has 4 heteroatoms. The molecule has 0 amide bonds. The number of hydrogen-bond acceptors (Lipinski definition) is 3. The number of nitrogens with one attached hydrogen (secondary N) is 1. The van der Waals surface area contributed by atoms with Crippen LogP contribution in [0.15, 0.2) is 65.8 Å². The Balaban J connectivity index is 1.90. The van der Waals surface area contributed by atoms with Crippen molar-refractivity contribution in [2.45, 2.75) is 19.8 Å². The molecule has 2 aromatic heterocycles. The normalized spacial score (nSPS) is 10.5. The number of aromatic nitrogens is 2. The van der Waals surface area contributed by atoms with Gasteiger partial charge in [0.15, 0.2) is 5.78 Å². The molecule has 0 spiro atoms. The molecule has 0 saturated carbocycles. The Morgan fingerprint density at radius 1 is 1.04 bits per heavy atom. The van der Waals surface area contributed by atoms with Crippen LogP contribution >= 0.6 is 0 Å². The SMILES string of the molecule is CCc1cccc(CC(=O)c2cc(-c3ccncc3)c[nH]c2=O)c1. The topological polar surface area (TPSA) is 62.8 Å². The highest BCUT2D eigenvalue weighted by Gasteiger charge is 2.13. The minimum Gasteiger partial charge on any atom is -0.328 e. The van der Waals surface area contributed by atoms with Crippen LogP contribution in [-0.2, 0) is 12.8 Å². The Hall–Kier alpha value is -3.01. The number of H-pyrrole nitrogens is 1. The smallest absolute Gasteiger partial charge is 0.258 e. The zero-order chi connectivity index (χ0) is 16.9. The molecule has 4 nitrogen and oxygen atoms in total. The number of aromatic amines is 1. The maximum Gasteiger partial charge on any atom is 0.258 e. The monoisotopic (exact) mass is 318 g/mol. The van der Waals surface area contributed by atoms with E-state index in [1.807, 2.05) is 36.4 Å². The Kier molecular flexibility index (Phi) is 4.66. The molecule has 0 radical (unpaired) electrons. The zero-order valence-corrected chi connectivity index (χ0v) is 13.5. The average molecular weight is 318 g/mol. The van der Waals surface area contributed by atoms with E-state index in [2.05, 4.69) is 16.9 Å². The summed E-state index contributed by atoms with van der Waals surface area (Å²) in [7, 11) is 0. The van der Waals surface area contributed by atoms with Gasteiger partial charge in [-0.15, -0.1) is 0 Å². The predicted molar refractivity (Wildman–Crippen MR) is 94.1 cm³/mol. The Morgan fingerprint density at radius 3 is 2.54 bits per heavy atom. The van der Waals surface area contributed by atoms with Gasteiger partial charge >= 0.3 is 0 Å². The maximum absolute atomic E-state index is 12.6. The highest BCUT2D eigenvalue weighted by molar-refractivity contribution is 5.98. The third-order valence-corrected chi connectivity index (χ3v) is 3.98. The summed E-state index contributed by atoms with van der Waals surface area (Å²) in [5.74, 6) is -0.180. The standard InChI is InChI=1S/C20H18N2O2/c1-2-14-4-3-5-15(10-14)11-19(23)18-12-17(13-22-20(18)24)16-6-8-21-9-7-16/h3-10,12-13H,2,11H2,1H3,(H,22,24). The van der Waals surface area contributed by atoms with Gasteiger partial charge in [-0.3, -0.25) is 14.6 Å². The van der Waals surface area contributed by atoms with Crippen LogP contribution in [0.3, 0.4) is 0 Å². The molecule has 0 aliphatic carbocycles. The lowest BCUT2D eigenvalue weighted by Gasteiger charge is -2.06. The number of aryl methyl sites for hydroxylation is 1. The summed E-state index contributed by atoms with van der Waals surface area (Å²) in [6.07, 6.45) is 6.11. The molecular formula is C20H18N2O2.